The van der Waals surface area contributed by atoms with Crippen LogP contribution in [0.4, 0.5) is 0 Å². The minimum absolute atomic E-state index is 0.105. The van der Waals surface area contributed by atoms with Gasteiger partial charge in [0.25, 0.3) is 5.91 Å². The lowest BCUT2D eigenvalue weighted by molar-refractivity contribution is 0.0787. The van der Waals surface area contributed by atoms with Crippen LogP contribution in [0.3, 0.4) is 0 Å². The Balaban J connectivity index is 1.46. The lowest BCUT2D eigenvalue weighted by Gasteiger charge is -2.17. The second-order valence-electron chi connectivity index (χ2n) is 7.79. The molecule has 3 rings (SSSR count). The van der Waals surface area contributed by atoms with Gasteiger partial charge in [0.2, 0.25) is 0 Å². The molecule has 1 aromatic heterocycles. The van der Waals surface area contributed by atoms with Crippen LogP contribution in [-0.2, 0) is 16.4 Å². The summed E-state index contributed by atoms with van der Waals surface area (Å²) in [5.41, 5.74) is 2.28. The zero-order chi connectivity index (χ0) is 24.0. The molecule has 0 fully saturated rings. The third kappa shape index (κ3) is 6.58. The molecule has 0 atom stereocenters. The van der Waals surface area contributed by atoms with Crippen LogP contribution in [0.15, 0.2) is 57.9 Å². The Morgan fingerprint density at radius 3 is 2.42 bits per heavy atom. The Kier molecular flexibility index (Phi) is 7.75. The first-order chi connectivity index (χ1) is 15.6. The standard InChI is InChI=1S/C24H28N2O6S/c1-17-23(18(2)32-25-17)16-31-20-11-9-19(10-12-20)24(27)26(3)13-6-14-30-21-7-5-8-22(15-21)33(4,28)29/h5,7-12,15H,6,13-14,16H2,1-4H3. The van der Waals surface area contributed by atoms with E-state index in [4.69, 9.17) is 14.0 Å². The van der Waals surface area contributed by atoms with Crippen molar-refractivity contribution in [3.05, 3.63) is 71.1 Å². The fourth-order valence-electron chi connectivity index (χ4n) is 3.17. The highest BCUT2D eigenvalue weighted by atomic mass is 32.2. The molecule has 0 aliphatic carbocycles. The first-order valence-electron chi connectivity index (χ1n) is 10.5. The van der Waals surface area contributed by atoms with E-state index in [-0.39, 0.29) is 10.8 Å². The zero-order valence-electron chi connectivity index (χ0n) is 19.2. The highest BCUT2D eigenvalue weighted by Crippen LogP contribution is 2.19. The van der Waals surface area contributed by atoms with Crippen LogP contribution >= 0.6 is 0 Å². The minimum Gasteiger partial charge on any atom is -0.493 e. The number of ether oxygens (including phenoxy) is 2. The van der Waals surface area contributed by atoms with Crippen molar-refractivity contribution in [1.29, 1.82) is 0 Å². The van der Waals surface area contributed by atoms with Crippen molar-refractivity contribution in [2.24, 2.45) is 0 Å². The number of rotatable bonds is 10. The Morgan fingerprint density at radius 2 is 1.79 bits per heavy atom. The highest BCUT2D eigenvalue weighted by Gasteiger charge is 2.13. The number of nitrogens with zero attached hydrogens (tertiary/aromatic N) is 2. The van der Waals surface area contributed by atoms with Crippen molar-refractivity contribution in [3.8, 4) is 11.5 Å². The summed E-state index contributed by atoms with van der Waals surface area (Å²) in [6, 6.07) is 13.4. The first-order valence-corrected chi connectivity index (χ1v) is 12.4. The number of hydrogen-bond donors (Lipinski definition) is 0. The normalized spacial score (nSPS) is 11.3. The number of aryl methyl sites for hydroxylation is 2. The Labute approximate surface area is 194 Å². The fraction of sp³-hybridized carbons (Fsp3) is 0.333. The molecule has 0 saturated carbocycles. The molecule has 33 heavy (non-hydrogen) atoms. The first kappa shape index (κ1) is 24.3. The second kappa shape index (κ2) is 10.5. The van der Waals surface area contributed by atoms with E-state index in [0.717, 1.165) is 23.3 Å². The molecule has 0 aliphatic rings. The molecule has 0 saturated heterocycles. The van der Waals surface area contributed by atoms with Crippen LogP contribution < -0.4 is 9.47 Å². The third-order valence-electron chi connectivity index (χ3n) is 5.15. The van der Waals surface area contributed by atoms with Gasteiger partial charge in [-0.1, -0.05) is 11.2 Å². The van der Waals surface area contributed by atoms with Gasteiger partial charge >= 0.3 is 0 Å². The average Bonchev–Trinajstić information content (AvgIpc) is 3.11. The number of carbonyl (C=O) groups excluding carboxylic acids is 1. The predicted octanol–water partition coefficient (Wildman–Crippen LogP) is 3.82. The third-order valence-corrected chi connectivity index (χ3v) is 6.26. The summed E-state index contributed by atoms with van der Waals surface area (Å²) >= 11 is 0. The van der Waals surface area contributed by atoms with E-state index in [1.807, 2.05) is 13.8 Å². The molecule has 0 spiro atoms. The molecule has 1 amide bonds. The van der Waals surface area contributed by atoms with Gasteiger partial charge in [-0.15, -0.1) is 0 Å². The summed E-state index contributed by atoms with van der Waals surface area (Å²) in [5.74, 6) is 1.76. The molecule has 176 valence electrons. The van der Waals surface area contributed by atoms with E-state index in [1.54, 1.807) is 48.3 Å². The van der Waals surface area contributed by atoms with Gasteiger partial charge in [0.15, 0.2) is 9.84 Å². The van der Waals surface area contributed by atoms with Crippen LogP contribution in [0.25, 0.3) is 0 Å². The molecule has 0 aliphatic heterocycles. The summed E-state index contributed by atoms with van der Waals surface area (Å²) in [6.07, 6.45) is 1.76. The van der Waals surface area contributed by atoms with Gasteiger partial charge in [0.1, 0.15) is 23.9 Å². The summed E-state index contributed by atoms with van der Waals surface area (Å²) in [5, 5.41) is 3.91. The van der Waals surface area contributed by atoms with E-state index < -0.39 is 9.84 Å². The predicted molar refractivity (Wildman–Crippen MR) is 123 cm³/mol. The molecule has 3 aromatic rings. The quantitative estimate of drug-likeness (QED) is 0.414. The molecule has 2 aromatic carbocycles. The summed E-state index contributed by atoms with van der Waals surface area (Å²) in [6.45, 7) is 4.91. The summed E-state index contributed by atoms with van der Waals surface area (Å²) in [7, 11) is -1.55. The maximum atomic E-state index is 12.7. The molecule has 1 heterocycles. The van der Waals surface area contributed by atoms with Crippen molar-refractivity contribution in [2.45, 2.75) is 31.8 Å². The van der Waals surface area contributed by atoms with E-state index in [2.05, 4.69) is 5.16 Å². The summed E-state index contributed by atoms with van der Waals surface area (Å²) < 4.78 is 39.8. The van der Waals surface area contributed by atoms with Crippen molar-refractivity contribution in [2.75, 3.05) is 26.5 Å². The maximum Gasteiger partial charge on any atom is 0.253 e. The second-order valence-corrected chi connectivity index (χ2v) is 9.81. The van der Waals surface area contributed by atoms with E-state index >= 15 is 0 Å². The molecule has 0 unspecified atom stereocenters. The zero-order valence-corrected chi connectivity index (χ0v) is 20.0. The van der Waals surface area contributed by atoms with E-state index in [9.17, 15) is 13.2 Å². The van der Waals surface area contributed by atoms with Crippen LogP contribution in [0.5, 0.6) is 11.5 Å². The molecule has 8 nitrogen and oxygen atoms in total. The van der Waals surface area contributed by atoms with Crippen molar-refractivity contribution in [3.63, 3.8) is 0 Å². The number of benzene rings is 2. The molecule has 9 heteroatoms. The van der Waals surface area contributed by atoms with E-state index in [0.29, 0.717) is 43.2 Å². The van der Waals surface area contributed by atoms with Crippen LogP contribution in [0, 0.1) is 13.8 Å². The number of aromatic nitrogens is 1. The van der Waals surface area contributed by atoms with Gasteiger partial charge in [-0.3, -0.25) is 4.79 Å². The van der Waals surface area contributed by atoms with Gasteiger partial charge in [-0.2, -0.15) is 0 Å². The van der Waals surface area contributed by atoms with Gasteiger partial charge in [-0.25, -0.2) is 8.42 Å². The monoisotopic (exact) mass is 472 g/mol. The molecular weight excluding hydrogens is 444 g/mol. The number of amides is 1. The molecule has 0 bridgehead atoms. The molecule has 0 radical (unpaired) electrons. The Bertz CT molecular complexity index is 1180. The smallest absolute Gasteiger partial charge is 0.253 e. The van der Waals surface area contributed by atoms with Crippen LogP contribution in [0.2, 0.25) is 0 Å². The van der Waals surface area contributed by atoms with Crippen molar-refractivity contribution in [1.82, 2.24) is 10.1 Å². The van der Waals surface area contributed by atoms with Crippen molar-refractivity contribution >= 4 is 15.7 Å². The lowest BCUT2D eigenvalue weighted by atomic mass is 10.2. The minimum atomic E-state index is -3.28. The number of hydrogen-bond acceptors (Lipinski definition) is 7. The lowest BCUT2D eigenvalue weighted by Crippen LogP contribution is -2.28. The van der Waals surface area contributed by atoms with Gasteiger partial charge in [0.05, 0.1) is 22.8 Å². The fourth-order valence-corrected chi connectivity index (χ4v) is 3.82. The van der Waals surface area contributed by atoms with Crippen LogP contribution in [-0.4, -0.2) is 50.8 Å². The average molecular weight is 473 g/mol. The van der Waals surface area contributed by atoms with Crippen molar-refractivity contribution < 1.29 is 27.2 Å². The van der Waals surface area contributed by atoms with Gasteiger partial charge in [-0.05, 0) is 62.7 Å². The van der Waals surface area contributed by atoms with E-state index in [1.165, 1.54) is 12.1 Å². The topological polar surface area (TPSA) is 98.9 Å². The van der Waals surface area contributed by atoms with Gasteiger partial charge < -0.3 is 18.9 Å². The van der Waals surface area contributed by atoms with Gasteiger partial charge in [0, 0.05) is 25.4 Å². The maximum absolute atomic E-state index is 12.7. The Hall–Kier alpha value is -3.33. The highest BCUT2D eigenvalue weighted by molar-refractivity contribution is 7.90. The molecule has 0 N–H and O–H groups in total. The van der Waals surface area contributed by atoms with Crippen LogP contribution in [0.1, 0.15) is 33.8 Å². The largest absolute Gasteiger partial charge is 0.493 e. The number of carbonyl (C=O) groups is 1. The Morgan fingerprint density at radius 1 is 1.06 bits per heavy atom. The molecular formula is C24H28N2O6S. The summed E-state index contributed by atoms with van der Waals surface area (Å²) in [4.78, 5) is 14.5. The SMILES string of the molecule is Cc1noc(C)c1COc1ccc(C(=O)N(C)CCCOc2cccc(S(C)(=O)=O)c2)cc1. The number of sulfone groups is 1.